The number of aromatic nitrogens is 3. The molecule has 1 aromatic heterocycles. The highest BCUT2D eigenvalue weighted by Crippen LogP contribution is 2.20. The van der Waals surface area contributed by atoms with E-state index >= 15 is 0 Å². The van der Waals surface area contributed by atoms with Crippen LogP contribution in [0.15, 0.2) is 30.6 Å². The summed E-state index contributed by atoms with van der Waals surface area (Å²) < 4.78 is 1.75. The van der Waals surface area contributed by atoms with Crippen LogP contribution >= 0.6 is 15.9 Å². The Balaban J connectivity index is 2.22. The van der Waals surface area contributed by atoms with Gasteiger partial charge in [0.25, 0.3) is 5.69 Å². The zero-order valence-electron chi connectivity index (χ0n) is 10.4. The first-order chi connectivity index (χ1) is 9.10. The molecule has 100 valence electrons. The predicted octanol–water partition coefficient (Wildman–Crippen LogP) is 2.88. The molecule has 0 N–H and O–H groups in total. The second-order valence-electron chi connectivity index (χ2n) is 4.36. The van der Waals surface area contributed by atoms with Crippen molar-refractivity contribution in [3.8, 4) is 11.4 Å². The minimum Gasteiger partial charge on any atom is -0.258 e. The molecule has 0 spiro atoms. The van der Waals surface area contributed by atoms with Gasteiger partial charge in [-0.25, -0.2) is 4.98 Å². The molecule has 6 nitrogen and oxygen atoms in total. The van der Waals surface area contributed by atoms with E-state index in [1.807, 2.05) is 0 Å². The van der Waals surface area contributed by atoms with Crippen LogP contribution in [-0.4, -0.2) is 25.0 Å². The summed E-state index contributed by atoms with van der Waals surface area (Å²) in [5, 5.41) is 15.9. The molecule has 1 atom stereocenters. The van der Waals surface area contributed by atoms with Crippen molar-refractivity contribution < 1.29 is 4.92 Å². The van der Waals surface area contributed by atoms with Gasteiger partial charge in [-0.15, -0.1) is 0 Å². The van der Waals surface area contributed by atoms with E-state index in [0.29, 0.717) is 17.3 Å². The normalized spacial score (nSPS) is 12.3. The van der Waals surface area contributed by atoms with E-state index in [4.69, 9.17) is 0 Å². The minimum atomic E-state index is -0.423. The average Bonchev–Trinajstić information content (AvgIpc) is 2.87. The van der Waals surface area contributed by atoms with E-state index in [1.165, 1.54) is 12.1 Å². The highest BCUT2D eigenvalue weighted by molar-refractivity contribution is 9.09. The maximum absolute atomic E-state index is 10.7. The molecule has 19 heavy (non-hydrogen) atoms. The van der Waals surface area contributed by atoms with E-state index in [2.05, 4.69) is 32.9 Å². The number of nitro benzene ring substituents is 1. The summed E-state index contributed by atoms with van der Waals surface area (Å²) in [7, 11) is 0. The van der Waals surface area contributed by atoms with Gasteiger partial charge in [0.05, 0.1) is 4.92 Å². The molecular formula is C12H13BrN4O2. The van der Waals surface area contributed by atoms with E-state index in [1.54, 1.807) is 23.1 Å². The summed E-state index contributed by atoms with van der Waals surface area (Å²) in [6, 6.07) is 6.33. The minimum absolute atomic E-state index is 0.0441. The first-order valence-corrected chi connectivity index (χ1v) is 6.92. The van der Waals surface area contributed by atoms with Gasteiger partial charge < -0.3 is 0 Å². The Morgan fingerprint density at radius 2 is 2.32 bits per heavy atom. The Kier molecular flexibility index (Phi) is 4.26. The molecular weight excluding hydrogens is 312 g/mol. The van der Waals surface area contributed by atoms with Gasteiger partial charge in [-0.3, -0.25) is 14.8 Å². The molecule has 0 saturated carbocycles. The van der Waals surface area contributed by atoms with Crippen molar-refractivity contribution in [3.63, 3.8) is 0 Å². The third kappa shape index (κ3) is 3.37. The molecule has 7 heteroatoms. The zero-order chi connectivity index (χ0) is 13.8. The third-order valence-electron chi connectivity index (χ3n) is 2.61. The fraction of sp³-hybridized carbons (Fsp3) is 0.333. The second-order valence-corrected chi connectivity index (χ2v) is 5.00. The van der Waals surface area contributed by atoms with Gasteiger partial charge in [0, 0.05) is 29.6 Å². The molecule has 0 bridgehead atoms. The Bertz CT molecular complexity index is 585. The van der Waals surface area contributed by atoms with Crippen LogP contribution in [-0.2, 0) is 6.54 Å². The Morgan fingerprint density at radius 3 is 3.00 bits per heavy atom. The Morgan fingerprint density at radius 1 is 1.53 bits per heavy atom. The number of nitrogens with zero attached hydrogens (tertiary/aromatic N) is 4. The highest BCUT2D eigenvalue weighted by Gasteiger charge is 2.11. The van der Waals surface area contributed by atoms with Gasteiger partial charge in [-0.05, 0) is 5.92 Å². The van der Waals surface area contributed by atoms with Gasteiger partial charge in [0.15, 0.2) is 5.82 Å². The third-order valence-corrected chi connectivity index (χ3v) is 3.72. The van der Waals surface area contributed by atoms with Crippen molar-refractivity contribution in [2.45, 2.75) is 13.5 Å². The summed E-state index contributed by atoms with van der Waals surface area (Å²) >= 11 is 3.41. The van der Waals surface area contributed by atoms with Crippen LogP contribution in [0.1, 0.15) is 6.92 Å². The maximum Gasteiger partial charge on any atom is 0.270 e. The molecule has 1 heterocycles. The fourth-order valence-corrected chi connectivity index (χ4v) is 1.85. The van der Waals surface area contributed by atoms with E-state index in [9.17, 15) is 10.1 Å². The molecule has 0 amide bonds. The van der Waals surface area contributed by atoms with Crippen LogP contribution in [0.4, 0.5) is 5.69 Å². The summed E-state index contributed by atoms with van der Waals surface area (Å²) in [4.78, 5) is 14.5. The number of halogens is 1. The van der Waals surface area contributed by atoms with Gasteiger partial charge in [-0.1, -0.05) is 35.0 Å². The predicted molar refractivity (Wildman–Crippen MR) is 75.1 cm³/mol. The first-order valence-electron chi connectivity index (χ1n) is 5.80. The molecule has 0 radical (unpaired) electrons. The molecule has 0 aliphatic carbocycles. The number of alkyl halides is 1. The van der Waals surface area contributed by atoms with Crippen molar-refractivity contribution in [3.05, 3.63) is 40.7 Å². The molecule has 1 aromatic carbocycles. The lowest BCUT2D eigenvalue weighted by Gasteiger charge is -2.05. The molecule has 0 aliphatic heterocycles. The van der Waals surface area contributed by atoms with Crippen molar-refractivity contribution in [2.24, 2.45) is 5.92 Å². The van der Waals surface area contributed by atoms with Crippen LogP contribution in [0.3, 0.4) is 0 Å². The number of hydrogen-bond donors (Lipinski definition) is 0. The lowest BCUT2D eigenvalue weighted by atomic mass is 10.2. The van der Waals surface area contributed by atoms with Gasteiger partial charge in [0.2, 0.25) is 0 Å². The van der Waals surface area contributed by atoms with Gasteiger partial charge in [0.1, 0.15) is 6.33 Å². The largest absolute Gasteiger partial charge is 0.270 e. The van der Waals surface area contributed by atoms with Gasteiger partial charge >= 0.3 is 0 Å². The number of hydrogen-bond acceptors (Lipinski definition) is 4. The number of rotatable bonds is 5. The summed E-state index contributed by atoms with van der Waals surface area (Å²) in [5.74, 6) is 0.949. The van der Waals surface area contributed by atoms with Crippen molar-refractivity contribution >= 4 is 21.6 Å². The smallest absolute Gasteiger partial charge is 0.258 e. The van der Waals surface area contributed by atoms with Crippen molar-refractivity contribution in [1.82, 2.24) is 14.8 Å². The topological polar surface area (TPSA) is 73.8 Å². The van der Waals surface area contributed by atoms with E-state index in [-0.39, 0.29) is 5.69 Å². The number of nitro groups is 1. The highest BCUT2D eigenvalue weighted by atomic mass is 79.9. The van der Waals surface area contributed by atoms with Crippen molar-refractivity contribution in [2.75, 3.05) is 5.33 Å². The number of non-ortho nitro benzene ring substituents is 1. The maximum atomic E-state index is 10.7. The molecule has 1 unspecified atom stereocenters. The quantitative estimate of drug-likeness (QED) is 0.481. The Hall–Kier alpha value is -1.76. The zero-order valence-corrected chi connectivity index (χ0v) is 11.9. The lowest BCUT2D eigenvalue weighted by Crippen LogP contribution is -2.09. The lowest BCUT2D eigenvalue weighted by molar-refractivity contribution is -0.384. The van der Waals surface area contributed by atoms with Crippen LogP contribution in [0.25, 0.3) is 11.4 Å². The fourth-order valence-electron chi connectivity index (χ4n) is 1.64. The second kappa shape index (κ2) is 5.92. The first kappa shape index (κ1) is 13.7. The Labute approximate surface area is 118 Å². The van der Waals surface area contributed by atoms with Crippen LogP contribution in [0.5, 0.6) is 0 Å². The van der Waals surface area contributed by atoms with Crippen molar-refractivity contribution in [1.29, 1.82) is 0 Å². The summed E-state index contributed by atoms with van der Waals surface area (Å²) in [6.45, 7) is 2.86. The summed E-state index contributed by atoms with van der Waals surface area (Å²) in [6.07, 6.45) is 1.65. The van der Waals surface area contributed by atoms with Crippen LogP contribution < -0.4 is 0 Å². The van der Waals surface area contributed by atoms with Crippen LogP contribution in [0.2, 0.25) is 0 Å². The SMILES string of the molecule is CC(CBr)Cn1cnc(-c2cccc([N+](=O)[O-])c2)n1. The van der Waals surface area contributed by atoms with E-state index in [0.717, 1.165) is 11.9 Å². The van der Waals surface area contributed by atoms with E-state index < -0.39 is 4.92 Å². The number of benzene rings is 1. The molecule has 0 aliphatic rings. The van der Waals surface area contributed by atoms with Crippen LogP contribution in [0, 0.1) is 16.0 Å². The monoisotopic (exact) mass is 324 g/mol. The van der Waals surface area contributed by atoms with Gasteiger partial charge in [-0.2, -0.15) is 5.10 Å². The average molecular weight is 325 g/mol. The standard InChI is InChI=1S/C12H13BrN4O2/c1-9(6-13)7-16-8-14-12(15-16)10-3-2-4-11(5-10)17(18)19/h2-5,8-9H,6-7H2,1H3. The molecule has 2 rings (SSSR count). The molecule has 0 fully saturated rings. The molecule has 0 saturated heterocycles. The summed E-state index contributed by atoms with van der Waals surface area (Å²) in [5.41, 5.74) is 0.696. The molecule has 2 aromatic rings.